The average Bonchev–Trinajstić information content (AvgIpc) is 2.23. The summed E-state index contributed by atoms with van der Waals surface area (Å²) in [5.74, 6) is 0. The van der Waals surface area contributed by atoms with E-state index in [0.717, 1.165) is 11.4 Å². The Morgan fingerprint density at radius 1 is 1.07 bits per heavy atom. The molecule has 0 aromatic heterocycles. The summed E-state index contributed by atoms with van der Waals surface area (Å²) in [6, 6.07) is 19.1. The highest BCUT2D eigenvalue weighted by Gasteiger charge is 1.96. The van der Waals surface area contributed by atoms with Gasteiger partial charge in [-0.15, -0.1) is 0 Å². The minimum atomic E-state index is 0.580. The van der Waals surface area contributed by atoms with Crippen molar-refractivity contribution in [3.63, 3.8) is 0 Å². The van der Waals surface area contributed by atoms with Crippen LogP contribution in [0.3, 0.4) is 0 Å². The maximum absolute atomic E-state index is 5.72. The van der Waals surface area contributed by atoms with Crippen molar-refractivity contribution >= 4 is 17.1 Å². The number of rotatable bonds is 2. The van der Waals surface area contributed by atoms with Crippen LogP contribution >= 0.6 is 0 Å². The van der Waals surface area contributed by atoms with E-state index < -0.39 is 0 Å². The van der Waals surface area contributed by atoms with E-state index in [-0.39, 0.29) is 0 Å². The molecule has 0 heterocycles. The second-order valence-electron chi connectivity index (χ2n) is 2.92. The highest BCUT2D eigenvalue weighted by atomic mass is 14.9. The van der Waals surface area contributed by atoms with Crippen molar-refractivity contribution in [3.05, 3.63) is 54.6 Å². The van der Waals surface area contributed by atoms with Gasteiger partial charge in [-0.2, -0.15) is 0 Å². The van der Waals surface area contributed by atoms with Crippen LogP contribution in [-0.2, 0) is 0 Å². The van der Waals surface area contributed by atoms with Gasteiger partial charge in [0.1, 0.15) is 5.69 Å². The Bertz CT molecular complexity index is 410. The van der Waals surface area contributed by atoms with Crippen LogP contribution in [0.1, 0.15) is 0 Å². The van der Waals surface area contributed by atoms with Crippen molar-refractivity contribution in [2.75, 3.05) is 11.1 Å². The third-order valence-electron chi connectivity index (χ3n) is 1.88. The molecule has 0 aliphatic heterocycles. The van der Waals surface area contributed by atoms with Crippen LogP contribution in [0.2, 0.25) is 0 Å². The number of nitrogens with one attached hydrogen (secondary N) is 1. The fourth-order valence-electron chi connectivity index (χ4n) is 1.19. The minimum Gasteiger partial charge on any atom is -0.390 e. The summed E-state index contributed by atoms with van der Waals surface area (Å²) in [6.45, 7) is 0. The molecule has 0 atom stereocenters. The van der Waals surface area contributed by atoms with E-state index in [1.165, 1.54) is 0 Å². The Balaban J connectivity index is 2.24. The monoisotopic (exact) mass is 182 g/mol. The molecule has 3 N–H and O–H groups in total. The SMILES string of the molecule is Nc1c#cccc1Nc1ccccc1. The molecule has 0 fully saturated rings. The molecule has 2 aromatic rings. The molecule has 14 heavy (non-hydrogen) atoms. The van der Waals surface area contributed by atoms with Crippen LogP contribution in [0.25, 0.3) is 0 Å². The molecule has 0 bridgehead atoms. The van der Waals surface area contributed by atoms with Gasteiger partial charge in [0.05, 0.1) is 5.69 Å². The maximum Gasteiger partial charge on any atom is 0.107 e. The molecule has 2 nitrogen and oxygen atoms in total. The maximum atomic E-state index is 5.72. The zero-order valence-electron chi connectivity index (χ0n) is 7.62. The molecule has 0 saturated carbocycles. The van der Waals surface area contributed by atoms with Gasteiger partial charge in [-0.25, -0.2) is 0 Å². The molecule has 0 unspecified atom stereocenters. The summed E-state index contributed by atoms with van der Waals surface area (Å²) in [7, 11) is 0. The van der Waals surface area contributed by atoms with Crippen molar-refractivity contribution in [1.29, 1.82) is 0 Å². The predicted molar refractivity (Wildman–Crippen MR) is 58.3 cm³/mol. The first-order valence-corrected chi connectivity index (χ1v) is 4.36. The lowest BCUT2D eigenvalue weighted by molar-refractivity contribution is 1.55. The highest BCUT2D eigenvalue weighted by molar-refractivity contribution is 5.70. The van der Waals surface area contributed by atoms with Gasteiger partial charge in [-0.3, -0.25) is 0 Å². The van der Waals surface area contributed by atoms with Gasteiger partial charge < -0.3 is 11.1 Å². The van der Waals surface area contributed by atoms with Gasteiger partial charge in [0, 0.05) is 5.69 Å². The van der Waals surface area contributed by atoms with E-state index in [9.17, 15) is 0 Å². The summed E-state index contributed by atoms with van der Waals surface area (Å²) >= 11 is 0. The third kappa shape index (κ3) is 1.78. The van der Waals surface area contributed by atoms with Crippen molar-refractivity contribution in [3.8, 4) is 0 Å². The van der Waals surface area contributed by atoms with Gasteiger partial charge in [0.2, 0.25) is 0 Å². The number of anilines is 3. The Hall–Kier alpha value is -2.14. The molecule has 2 aromatic carbocycles. The molecule has 0 aliphatic rings. The Labute approximate surface area is 83.4 Å². The van der Waals surface area contributed by atoms with Crippen LogP contribution in [0.15, 0.2) is 42.5 Å². The Morgan fingerprint density at radius 3 is 2.57 bits per heavy atom. The zero-order chi connectivity index (χ0) is 9.80. The normalized spacial score (nSPS) is 9.14. The number of nitrogen functional groups attached to an aromatic ring is 1. The number of para-hydroxylation sites is 1. The molecule has 2 heteroatoms. The van der Waals surface area contributed by atoms with Crippen LogP contribution in [0, 0.1) is 12.1 Å². The molecule has 2 rings (SSSR count). The van der Waals surface area contributed by atoms with Gasteiger partial charge in [0.15, 0.2) is 0 Å². The van der Waals surface area contributed by atoms with Crippen LogP contribution < -0.4 is 11.1 Å². The topological polar surface area (TPSA) is 38.0 Å². The molecule has 0 radical (unpaired) electrons. The second kappa shape index (κ2) is 3.71. The third-order valence-corrected chi connectivity index (χ3v) is 1.88. The number of benzene rings is 1. The molecule has 0 aliphatic carbocycles. The number of hydrogen-bond donors (Lipinski definition) is 2. The highest BCUT2D eigenvalue weighted by Crippen LogP contribution is 2.19. The number of hydrogen-bond acceptors (Lipinski definition) is 2. The van der Waals surface area contributed by atoms with E-state index in [2.05, 4.69) is 17.4 Å². The first-order chi connectivity index (χ1) is 6.86. The minimum absolute atomic E-state index is 0.580. The van der Waals surface area contributed by atoms with Gasteiger partial charge >= 0.3 is 0 Å². The standard InChI is InChI=1S/C12H10N2/c13-11-8-4-5-9-12(11)14-10-6-2-1-3-7-10/h1-3,5-7,9,14H,13H2. The van der Waals surface area contributed by atoms with Gasteiger partial charge in [-0.1, -0.05) is 24.3 Å². The molecule has 0 saturated heterocycles. The van der Waals surface area contributed by atoms with E-state index in [0.29, 0.717) is 5.69 Å². The summed E-state index contributed by atoms with van der Waals surface area (Å²) in [6.07, 6.45) is 0. The lowest BCUT2D eigenvalue weighted by atomic mass is 10.2. The fourth-order valence-corrected chi connectivity index (χ4v) is 1.19. The first-order valence-electron chi connectivity index (χ1n) is 4.36. The predicted octanol–water partition coefficient (Wildman–Crippen LogP) is 2.61. The quantitative estimate of drug-likeness (QED) is 0.749. The van der Waals surface area contributed by atoms with Crippen LogP contribution in [-0.4, -0.2) is 0 Å². The van der Waals surface area contributed by atoms with Crippen molar-refractivity contribution in [1.82, 2.24) is 0 Å². The average molecular weight is 182 g/mol. The molecule has 68 valence electrons. The Kier molecular flexibility index (Phi) is 2.24. The van der Waals surface area contributed by atoms with Crippen molar-refractivity contribution < 1.29 is 0 Å². The van der Waals surface area contributed by atoms with Gasteiger partial charge in [0.25, 0.3) is 0 Å². The number of nitrogens with two attached hydrogens (primary N) is 1. The smallest absolute Gasteiger partial charge is 0.107 e. The Morgan fingerprint density at radius 2 is 1.86 bits per heavy atom. The first kappa shape index (κ1) is 8.46. The summed E-state index contributed by atoms with van der Waals surface area (Å²) in [5.41, 5.74) is 8.17. The fraction of sp³-hybridized carbons (Fsp3) is 0. The van der Waals surface area contributed by atoms with Crippen molar-refractivity contribution in [2.24, 2.45) is 0 Å². The van der Waals surface area contributed by atoms with Crippen molar-refractivity contribution in [2.45, 2.75) is 0 Å². The summed E-state index contributed by atoms with van der Waals surface area (Å²) in [4.78, 5) is 0. The largest absolute Gasteiger partial charge is 0.390 e. The molecule has 0 amide bonds. The summed E-state index contributed by atoms with van der Waals surface area (Å²) < 4.78 is 0. The van der Waals surface area contributed by atoms with E-state index >= 15 is 0 Å². The van der Waals surface area contributed by atoms with E-state index in [1.807, 2.05) is 36.4 Å². The molecular formula is C12H10N2. The zero-order valence-corrected chi connectivity index (χ0v) is 7.62. The second-order valence-corrected chi connectivity index (χ2v) is 2.92. The van der Waals surface area contributed by atoms with Crippen LogP contribution in [0.4, 0.5) is 17.1 Å². The lowest BCUT2D eigenvalue weighted by Crippen LogP contribution is -1.94. The van der Waals surface area contributed by atoms with E-state index in [1.54, 1.807) is 6.07 Å². The molecule has 0 spiro atoms. The molecular weight excluding hydrogens is 172 g/mol. The van der Waals surface area contributed by atoms with Crippen LogP contribution in [0.5, 0.6) is 0 Å². The van der Waals surface area contributed by atoms with Gasteiger partial charge in [-0.05, 0) is 30.3 Å². The lowest BCUT2D eigenvalue weighted by Gasteiger charge is -2.06. The van der Waals surface area contributed by atoms with E-state index in [4.69, 9.17) is 5.73 Å². The summed E-state index contributed by atoms with van der Waals surface area (Å²) in [5, 5.41) is 3.20.